The predicted molar refractivity (Wildman–Crippen MR) is 85.4 cm³/mol. The molecule has 3 rings (SSSR count). The minimum absolute atomic E-state index is 0.0212. The zero-order valence-electron chi connectivity index (χ0n) is 11.8. The molecule has 4 nitrogen and oxygen atoms in total. The quantitative estimate of drug-likeness (QED) is 0.898. The predicted octanol–water partition coefficient (Wildman–Crippen LogP) is 2.15. The molecule has 1 aliphatic carbocycles. The molecule has 0 heterocycles. The maximum absolute atomic E-state index is 12.3. The Labute approximate surface area is 134 Å². The van der Waals surface area contributed by atoms with Crippen LogP contribution in [0.1, 0.15) is 11.1 Å². The van der Waals surface area contributed by atoms with Crippen molar-refractivity contribution in [3.05, 3.63) is 64.7 Å². The number of fused-ring (bicyclic) bond motifs is 1. The molecule has 0 bridgehead atoms. The smallest absolute Gasteiger partial charge is 0.240 e. The van der Waals surface area contributed by atoms with Crippen molar-refractivity contribution >= 4 is 21.6 Å². The molecule has 22 heavy (non-hydrogen) atoms. The van der Waals surface area contributed by atoms with Crippen molar-refractivity contribution in [2.45, 2.75) is 23.3 Å². The molecule has 0 fully saturated rings. The summed E-state index contributed by atoms with van der Waals surface area (Å²) in [6.07, 6.45) is 0.901. The Bertz CT molecular complexity index is 762. The molecule has 1 aliphatic rings. The van der Waals surface area contributed by atoms with Crippen LogP contribution >= 0.6 is 11.6 Å². The third-order valence-electron chi connectivity index (χ3n) is 3.87. The van der Waals surface area contributed by atoms with Crippen molar-refractivity contribution < 1.29 is 13.5 Å². The first-order valence-electron chi connectivity index (χ1n) is 6.92. The number of halogens is 1. The van der Waals surface area contributed by atoms with Gasteiger partial charge in [-0.15, -0.1) is 0 Å². The average Bonchev–Trinajstić information content (AvgIpc) is 2.83. The molecule has 0 saturated heterocycles. The van der Waals surface area contributed by atoms with E-state index >= 15 is 0 Å². The van der Waals surface area contributed by atoms with Gasteiger partial charge in [-0.05, 0) is 35.4 Å². The highest BCUT2D eigenvalue weighted by atomic mass is 35.5. The Morgan fingerprint density at radius 3 is 2.14 bits per heavy atom. The maximum Gasteiger partial charge on any atom is 0.240 e. The molecule has 6 heteroatoms. The number of benzene rings is 2. The molecule has 0 spiro atoms. The van der Waals surface area contributed by atoms with E-state index in [1.165, 1.54) is 24.3 Å². The summed E-state index contributed by atoms with van der Waals surface area (Å²) in [6, 6.07) is 13.7. The van der Waals surface area contributed by atoms with Crippen LogP contribution in [0.3, 0.4) is 0 Å². The molecule has 0 atom stereocenters. The van der Waals surface area contributed by atoms with Gasteiger partial charge in [0.05, 0.1) is 10.5 Å². The third kappa shape index (κ3) is 3.17. The van der Waals surface area contributed by atoms with Crippen molar-refractivity contribution in [2.24, 2.45) is 0 Å². The number of hydrogen-bond acceptors (Lipinski definition) is 3. The SMILES string of the molecule is O=S(=O)(NCC1(O)Cc2ccccc2C1)c1ccc(Cl)cc1. The van der Waals surface area contributed by atoms with E-state index in [2.05, 4.69) is 4.72 Å². The largest absolute Gasteiger partial charge is 0.388 e. The molecular weight excluding hydrogens is 322 g/mol. The van der Waals surface area contributed by atoms with E-state index < -0.39 is 15.6 Å². The van der Waals surface area contributed by atoms with E-state index in [4.69, 9.17) is 11.6 Å². The fourth-order valence-corrected chi connectivity index (χ4v) is 3.97. The lowest BCUT2D eigenvalue weighted by Gasteiger charge is -2.22. The van der Waals surface area contributed by atoms with Crippen molar-refractivity contribution in [1.82, 2.24) is 4.72 Å². The molecule has 2 aromatic carbocycles. The summed E-state index contributed by atoms with van der Waals surface area (Å²) >= 11 is 5.76. The lowest BCUT2D eigenvalue weighted by Crippen LogP contribution is -2.43. The number of aliphatic hydroxyl groups is 1. The molecule has 0 saturated carbocycles. The Balaban J connectivity index is 1.71. The van der Waals surface area contributed by atoms with Gasteiger partial charge in [-0.25, -0.2) is 13.1 Å². The molecular formula is C16H16ClNO3S. The standard InChI is InChI=1S/C16H16ClNO3S/c17-14-5-7-15(8-6-14)22(20,21)18-11-16(19)9-12-3-1-2-4-13(12)10-16/h1-8,18-19H,9-11H2. The Kier molecular flexibility index (Phi) is 3.99. The van der Waals surface area contributed by atoms with Crippen LogP contribution < -0.4 is 4.72 Å². The van der Waals surface area contributed by atoms with Gasteiger partial charge in [0.15, 0.2) is 0 Å². The monoisotopic (exact) mass is 337 g/mol. The van der Waals surface area contributed by atoms with Gasteiger partial charge in [0, 0.05) is 24.4 Å². The van der Waals surface area contributed by atoms with Crippen molar-refractivity contribution in [3.63, 3.8) is 0 Å². The van der Waals surface area contributed by atoms with Crippen LogP contribution in [0.25, 0.3) is 0 Å². The van der Waals surface area contributed by atoms with Crippen LogP contribution in [0.2, 0.25) is 5.02 Å². The molecule has 2 aromatic rings. The van der Waals surface area contributed by atoms with Gasteiger partial charge in [-0.1, -0.05) is 35.9 Å². The fourth-order valence-electron chi connectivity index (χ4n) is 2.73. The number of sulfonamides is 1. The van der Waals surface area contributed by atoms with E-state index in [1.54, 1.807) is 0 Å². The molecule has 0 amide bonds. The van der Waals surface area contributed by atoms with E-state index in [9.17, 15) is 13.5 Å². The second-order valence-electron chi connectivity index (χ2n) is 5.63. The van der Waals surface area contributed by atoms with Crippen LogP contribution in [-0.2, 0) is 22.9 Å². The Morgan fingerprint density at radius 1 is 1.05 bits per heavy atom. The Hall–Kier alpha value is -1.40. The van der Waals surface area contributed by atoms with Gasteiger partial charge < -0.3 is 5.11 Å². The van der Waals surface area contributed by atoms with Crippen LogP contribution in [0, 0.1) is 0 Å². The minimum Gasteiger partial charge on any atom is -0.388 e. The topological polar surface area (TPSA) is 66.4 Å². The van der Waals surface area contributed by atoms with Gasteiger partial charge in [0.25, 0.3) is 0 Å². The van der Waals surface area contributed by atoms with Crippen LogP contribution in [-0.4, -0.2) is 25.7 Å². The van der Waals surface area contributed by atoms with Gasteiger partial charge >= 0.3 is 0 Å². The highest BCUT2D eigenvalue weighted by molar-refractivity contribution is 7.89. The van der Waals surface area contributed by atoms with E-state index in [-0.39, 0.29) is 11.4 Å². The van der Waals surface area contributed by atoms with Crippen molar-refractivity contribution in [2.75, 3.05) is 6.54 Å². The highest BCUT2D eigenvalue weighted by Crippen LogP contribution is 2.29. The summed E-state index contributed by atoms with van der Waals surface area (Å²) in [5.41, 5.74) is 1.05. The zero-order chi connectivity index (χ0) is 15.8. The fraction of sp³-hybridized carbons (Fsp3) is 0.250. The van der Waals surface area contributed by atoms with Gasteiger partial charge in [-0.2, -0.15) is 0 Å². The molecule has 0 aromatic heterocycles. The summed E-state index contributed by atoms with van der Waals surface area (Å²) in [7, 11) is -3.66. The highest BCUT2D eigenvalue weighted by Gasteiger charge is 2.36. The van der Waals surface area contributed by atoms with E-state index in [0.29, 0.717) is 17.9 Å². The van der Waals surface area contributed by atoms with Crippen LogP contribution in [0.5, 0.6) is 0 Å². The normalized spacial score (nSPS) is 16.5. The lowest BCUT2D eigenvalue weighted by atomic mass is 10.0. The molecule has 0 unspecified atom stereocenters. The van der Waals surface area contributed by atoms with E-state index in [1.807, 2.05) is 24.3 Å². The number of rotatable bonds is 4. The summed E-state index contributed by atoms with van der Waals surface area (Å²) in [5, 5.41) is 11.1. The number of nitrogens with one attached hydrogen (secondary N) is 1. The zero-order valence-corrected chi connectivity index (χ0v) is 13.4. The molecule has 116 valence electrons. The minimum atomic E-state index is -3.66. The summed E-state index contributed by atoms with van der Waals surface area (Å²) in [5.74, 6) is 0. The second-order valence-corrected chi connectivity index (χ2v) is 7.83. The summed E-state index contributed by atoms with van der Waals surface area (Å²) in [4.78, 5) is 0.135. The van der Waals surface area contributed by atoms with Gasteiger partial charge in [0.2, 0.25) is 10.0 Å². The van der Waals surface area contributed by atoms with E-state index in [0.717, 1.165) is 11.1 Å². The first-order chi connectivity index (χ1) is 10.4. The van der Waals surface area contributed by atoms with Crippen LogP contribution in [0.15, 0.2) is 53.4 Å². The first-order valence-corrected chi connectivity index (χ1v) is 8.79. The van der Waals surface area contributed by atoms with Crippen molar-refractivity contribution in [1.29, 1.82) is 0 Å². The average molecular weight is 338 g/mol. The maximum atomic E-state index is 12.3. The van der Waals surface area contributed by atoms with Gasteiger partial charge in [-0.3, -0.25) is 0 Å². The van der Waals surface area contributed by atoms with Crippen LogP contribution in [0.4, 0.5) is 0 Å². The second kappa shape index (κ2) is 5.66. The summed E-state index contributed by atoms with van der Waals surface area (Å²) < 4.78 is 27.0. The first kappa shape index (κ1) is 15.5. The molecule has 0 aliphatic heterocycles. The summed E-state index contributed by atoms with van der Waals surface area (Å²) in [6.45, 7) is -0.0212. The lowest BCUT2D eigenvalue weighted by molar-refractivity contribution is 0.0567. The third-order valence-corrected chi connectivity index (χ3v) is 5.54. The molecule has 2 N–H and O–H groups in total. The molecule has 0 radical (unpaired) electrons. The van der Waals surface area contributed by atoms with Gasteiger partial charge in [0.1, 0.15) is 0 Å². The Morgan fingerprint density at radius 2 is 1.59 bits per heavy atom. The van der Waals surface area contributed by atoms with Crippen molar-refractivity contribution in [3.8, 4) is 0 Å². The number of hydrogen-bond donors (Lipinski definition) is 2.